The summed E-state index contributed by atoms with van der Waals surface area (Å²) in [4.78, 5) is 24.6. The van der Waals surface area contributed by atoms with Crippen LogP contribution >= 0.6 is 11.6 Å². The fraction of sp³-hybridized carbons (Fsp3) is 0.115. The van der Waals surface area contributed by atoms with E-state index in [1.54, 1.807) is 30.6 Å². The second-order valence-electron chi connectivity index (χ2n) is 8.04. The van der Waals surface area contributed by atoms with Crippen molar-refractivity contribution in [2.24, 2.45) is 0 Å². The molecule has 2 aromatic carbocycles. The number of carbonyl (C=O) groups is 1. The van der Waals surface area contributed by atoms with Gasteiger partial charge in [-0.15, -0.1) is 0 Å². The number of carbonyl (C=O) groups excluding carboxylic acids is 1. The van der Waals surface area contributed by atoms with Crippen LogP contribution in [0.25, 0.3) is 21.8 Å². The van der Waals surface area contributed by atoms with E-state index in [-0.39, 0.29) is 18.3 Å². The summed E-state index contributed by atoms with van der Waals surface area (Å²) in [6, 6.07) is 14.2. The zero-order valence-corrected chi connectivity index (χ0v) is 18.6. The molecule has 0 aliphatic rings. The number of fused-ring (bicyclic) bond motifs is 2. The third-order valence-electron chi connectivity index (χ3n) is 5.66. The molecule has 0 saturated carbocycles. The summed E-state index contributed by atoms with van der Waals surface area (Å²) >= 11 is 6.09. The SMILES string of the molecule is Cc1c[nH]c2cc(F)c(CNC(=O)c3ccnc(Cc4cnc5ccc(Cl)cc5c4)c3)cc12. The first-order valence-electron chi connectivity index (χ1n) is 10.5. The van der Waals surface area contributed by atoms with Crippen molar-refractivity contribution < 1.29 is 9.18 Å². The lowest BCUT2D eigenvalue weighted by Gasteiger charge is -2.09. The Morgan fingerprint density at radius 2 is 2.00 bits per heavy atom. The minimum absolute atomic E-state index is 0.0955. The summed E-state index contributed by atoms with van der Waals surface area (Å²) in [7, 11) is 0. The fourth-order valence-corrected chi connectivity index (χ4v) is 4.09. The number of aromatic amines is 1. The highest BCUT2D eigenvalue weighted by atomic mass is 35.5. The summed E-state index contributed by atoms with van der Waals surface area (Å²) in [5.74, 6) is -0.642. The van der Waals surface area contributed by atoms with Gasteiger partial charge in [-0.1, -0.05) is 11.6 Å². The largest absolute Gasteiger partial charge is 0.361 e. The van der Waals surface area contributed by atoms with Crippen LogP contribution in [-0.2, 0) is 13.0 Å². The van der Waals surface area contributed by atoms with E-state index in [9.17, 15) is 9.18 Å². The van der Waals surface area contributed by atoms with E-state index >= 15 is 0 Å². The van der Waals surface area contributed by atoms with Gasteiger partial charge in [0.2, 0.25) is 0 Å². The Kier molecular flexibility index (Phi) is 5.52. The van der Waals surface area contributed by atoms with E-state index in [2.05, 4.69) is 20.3 Å². The molecule has 0 spiro atoms. The van der Waals surface area contributed by atoms with Gasteiger partial charge in [-0.25, -0.2) is 4.39 Å². The molecule has 0 unspecified atom stereocenters. The minimum Gasteiger partial charge on any atom is -0.361 e. The van der Waals surface area contributed by atoms with E-state index in [0.717, 1.165) is 38.6 Å². The number of rotatable bonds is 5. The topological polar surface area (TPSA) is 70.7 Å². The van der Waals surface area contributed by atoms with Gasteiger partial charge in [0.25, 0.3) is 5.91 Å². The van der Waals surface area contributed by atoms with Crippen molar-refractivity contribution >= 4 is 39.3 Å². The van der Waals surface area contributed by atoms with Crippen LogP contribution in [0.5, 0.6) is 0 Å². The Morgan fingerprint density at radius 1 is 1.12 bits per heavy atom. The number of halogens is 2. The quantitative estimate of drug-likeness (QED) is 0.353. The second-order valence-corrected chi connectivity index (χ2v) is 8.47. The predicted octanol–water partition coefficient (Wildman–Crippen LogP) is 5.73. The number of H-pyrrole nitrogens is 1. The lowest BCUT2D eigenvalue weighted by molar-refractivity contribution is 0.0950. The fourth-order valence-electron chi connectivity index (χ4n) is 3.91. The Morgan fingerprint density at radius 3 is 2.88 bits per heavy atom. The average Bonchev–Trinajstić information content (AvgIpc) is 3.16. The molecule has 0 saturated heterocycles. The normalized spacial score (nSPS) is 11.2. The van der Waals surface area contributed by atoms with Crippen LogP contribution in [0.15, 0.2) is 67.1 Å². The van der Waals surface area contributed by atoms with Gasteiger partial charge in [0, 0.05) is 69.7 Å². The van der Waals surface area contributed by atoms with E-state index in [1.165, 1.54) is 6.07 Å². The molecule has 7 heteroatoms. The monoisotopic (exact) mass is 458 g/mol. The molecule has 3 aromatic heterocycles. The lowest BCUT2D eigenvalue weighted by Crippen LogP contribution is -2.23. The van der Waals surface area contributed by atoms with Gasteiger partial charge in [0.15, 0.2) is 0 Å². The van der Waals surface area contributed by atoms with Gasteiger partial charge in [0.05, 0.1) is 5.52 Å². The van der Waals surface area contributed by atoms with Gasteiger partial charge in [-0.2, -0.15) is 0 Å². The first kappa shape index (κ1) is 21.1. The van der Waals surface area contributed by atoms with Gasteiger partial charge in [-0.05, 0) is 66.6 Å². The standard InChI is InChI=1S/C26H20ClFN4O/c1-15-12-30-25-11-23(28)19(10-22(15)25)14-32-26(33)17-4-5-29-21(9-17)7-16-6-18-8-20(27)2-3-24(18)31-13-16/h2-6,8-13,30H,7,14H2,1H3,(H,32,33). The molecule has 0 aliphatic heterocycles. The van der Waals surface area contributed by atoms with E-state index in [4.69, 9.17) is 11.6 Å². The maximum absolute atomic E-state index is 14.4. The molecule has 0 radical (unpaired) electrons. The number of hydrogen-bond donors (Lipinski definition) is 2. The summed E-state index contributed by atoms with van der Waals surface area (Å²) in [5.41, 5.74) is 5.24. The van der Waals surface area contributed by atoms with Crippen molar-refractivity contribution in [1.29, 1.82) is 0 Å². The smallest absolute Gasteiger partial charge is 0.251 e. The van der Waals surface area contributed by atoms with Crippen LogP contribution in [0.2, 0.25) is 5.02 Å². The van der Waals surface area contributed by atoms with Crippen molar-refractivity contribution in [3.63, 3.8) is 0 Å². The molecule has 0 aliphatic carbocycles. The third-order valence-corrected chi connectivity index (χ3v) is 5.89. The number of amides is 1. The highest BCUT2D eigenvalue weighted by Crippen LogP contribution is 2.22. The first-order valence-corrected chi connectivity index (χ1v) is 10.9. The minimum atomic E-state index is -0.357. The van der Waals surface area contributed by atoms with E-state index in [1.807, 2.05) is 37.4 Å². The Labute approximate surface area is 194 Å². The van der Waals surface area contributed by atoms with Crippen molar-refractivity contribution in [2.75, 3.05) is 0 Å². The Hall–Kier alpha value is -3.77. The van der Waals surface area contributed by atoms with Crippen LogP contribution in [0.3, 0.4) is 0 Å². The molecule has 0 bridgehead atoms. The second kappa shape index (κ2) is 8.64. The van der Waals surface area contributed by atoms with Crippen LogP contribution in [-0.4, -0.2) is 20.9 Å². The molecule has 1 amide bonds. The highest BCUT2D eigenvalue weighted by molar-refractivity contribution is 6.31. The maximum atomic E-state index is 14.4. The van der Waals surface area contributed by atoms with Gasteiger partial charge in [-0.3, -0.25) is 14.8 Å². The molecule has 33 heavy (non-hydrogen) atoms. The number of benzene rings is 2. The lowest BCUT2D eigenvalue weighted by atomic mass is 10.1. The van der Waals surface area contributed by atoms with Crippen LogP contribution < -0.4 is 5.32 Å². The van der Waals surface area contributed by atoms with Crippen molar-refractivity contribution in [3.05, 3.63) is 106 Å². The Balaban J connectivity index is 1.31. The van der Waals surface area contributed by atoms with Crippen molar-refractivity contribution in [3.8, 4) is 0 Å². The average molecular weight is 459 g/mol. The molecule has 0 fully saturated rings. The molecule has 2 N–H and O–H groups in total. The number of nitrogens with zero attached hydrogens (tertiary/aromatic N) is 2. The van der Waals surface area contributed by atoms with Crippen LogP contribution in [0.1, 0.15) is 32.7 Å². The van der Waals surface area contributed by atoms with E-state index in [0.29, 0.717) is 22.6 Å². The molecule has 5 nitrogen and oxygen atoms in total. The molecular weight excluding hydrogens is 439 g/mol. The zero-order valence-electron chi connectivity index (χ0n) is 17.8. The predicted molar refractivity (Wildman–Crippen MR) is 128 cm³/mol. The maximum Gasteiger partial charge on any atom is 0.251 e. The highest BCUT2D eigenvalue weighted by Gasteiger charge is 2.12. The number of hydrogen-bond acceptors (Lipinski definition) is 3. The Bertz CT molecular complexity index is 1510. The number of aromatic nitrogens is 3. The first-order chi connectivity index (χ1) is 16.0. The number of nitrogens with one attached hydrogen (secondary N) is 2. The van der Waals surface area contributed by atoms with Gasteiger partial charge in [0.1, 0.15) is 5.82 Å². The molecule has 5 rings (SSSR count). The summed E-state index contributed by atoms with van der Waals surface area (Å²) in [6.07, 6.45) is 5.76. The molecule has 5 aromatic rings. The summed E-state index contributed by atoms with van der Waals surface area (Å²) in [5, 5.41) is 5.35. The van der Waals surface area contributed by atoms with Gasteiger partial charge >= 0.3 is 0 Å². The van der Waals surface area contributed by atoms with E-state index < -0.39 is 0 Å². The van der Waals surface area contributed by atoms with Crippen molar-refractivity contribution in [2.45, 2.75) is 19.9 Å². The van der Waals surface area contributed by atoms with Crippen LogP contribution in [0, 0.1) is 12.7 Å². The van der Waals surface area contributed by atoms with Crippen molar-refractivity contribution in [1.82, 2.24) is 20.3 Å². The summed E-state index contributed by atoms with van der Waals surface area (Å²) in [6.45, 7) is 2.05. The third kappa shape index (κ3) is 4.43. The van der Waals surface area contributed by atoms with Crippen LogP contribution in [0.4, 0.5) is 4.39 Å². The number of aryl methyl sites for hydroxylation is 1. The van der Waals surface area contributed by atoms with Gasteiger partial charge < -0.3 is 10.3 Å². The number of pyridine rings is 2. The molecule has 3 heterocycles. The molecule has 164 valence electrons. The zero-order chi connectivity index (χ0) is 22.9. The molecular formula is C26H20ClFN4O. The summed E-state index contributed by atoms with van der Waals surface area (Å²) < 4.78 is 14.4. The molecule has 0 atom stereocenters.